The van der Waals surface area contributed by atoms with Gasteiger partial charge in [0.2, 0.25) is 0 Å². The first-order chi connectivity index (χ1) is 9.90. The third kappa shape index (κ3) is 0. The fourth-order valence-electron chi connectivity index (χ4n) is 0. The zero-order valence-corrected chi connectivity index (χ0v) is 18.9. The normalized spacial score (nSPS) is 5.25. The molecule has 0 spiro atoms. The molecule has 0 saturated carbocycles. The molecule has 0 fully saturated rings. The van der Waals surface area contributed by atoms with Crippen LogP contribution in [0.5, 0.6) is 0 Å². The van der Waals surface area contributed by atoms with E-state index in [1.807, 2.05) is 0 Å². The molecule has 0 heterocycles. The van der Waals surface area contributed by atoms with Gasteiger partial charge in [-0.15, -0.1) is 0 Å². The summed E-state index contributed by atoms with van der Waals surface area (Å²) >= 11 is 0. The fraction of sp³-hybridized carbons (Fsp3) is 1.00. The Morgan fingerprint density at radius 3 is 0.208 bits per heavy atom. The van der Waals surface area contributed by atoms with E-state index in [0.717, 1.165) is 0 Å². The van der Waals surface area contributed by atoms with Crippen LogP contribution in [0.15, 0.2) is 0 Å². The van der Waals surface area contributed by atoms with Gasteiger partial charge in [-0.25, -0.2) is 0 Å². The Morgan fingerprint density at radius 2 is 0.208 bits per heavy atom. The van der Waals surface area contributed by atoms with Gasteiger partial charge in [0.05, 0.1) is 0 Å². The summed E-state index contributed by atoms with van der Waals surface area (Å²) in [4.78, 5) is 0. The first-order valence-electron chi connectivity index (χ1n) is 9.90. The van der Waals surface area contributed by atoms with Gasteiger partial charge in [0.15, 0.2) is 0 Å². The lowest BCUT2D eigenvalue weighted by Crippen LogP contribution is -1.27. The second-order valence-corrected chi connectivity index (χ2v) is 4.95. The minimum Gasteiger partial charge on any atom is -0.0776 e. The third-order valence-electron chi connectivity index (χ3n) is 0. The maximum absolute atomic E-state index is 2.12. The maximum atomic E-state index is 2.12. The molecular weight excluding hydrogens is 288 g/mol. The SMILES string of the molecule is C.C.C.CCC.CCC.CCC.CCC.CCC.CCC.CCC. The molecule has 0 aromatic carbocycles. The lowest BCUT2D eigenvalue weighted by Gasteiger charge is -1.48. The first-order valence-corrected chi connectivity index (χ1v) is 9.90. The molecule has 0 nitrogen and oxygen atoms in total. The van der Waals surface area contributed by atoms with Gasteiger partial charge in [-0.2, -0.15) is 0 Å². The van der Waals surface area contributed by atoms with Crippen molar-refractivity contribution < 1.29 is 0 Å². The Labute approximate surface area is 164 Å². The zero-order valence-electron chi connectivity index (χ0n) is 18.9. The highest BCUT2D eigenvalue weighted by Crippen LogP contribution is 1.58. The van der Waals surface area contributed by atoms with Crippen LogP contribution in [-0.2, 0) is 0 Å². The Bertz CT molecular complexity index is 19.7. The summed E-state index contributed by atoms with van der Waals surface area (Å²) in [7, 11) is 0. The lowest BCUT2D eigenvalue weighted by molar-refractivity contribution is 1.09. The largest absolute Gasteiger partial charge is 0.0776 e. The highest BCUT2D eigenvalue weighted by molar-refractivity contribution is 3.94. The summed E-state index contributed by atoms with van der Waals surface area (Å²) in [6, 6.07) is 0. The van der Waals surface area contributed by atoms with E-state index in [-0.39, 0.29) is 22.3 Å². The number of rotatable bonds is 0. The molecule has 0 saturated heterocycles. The quantitative estimate of drug-likeness (QED) is 0.404. The smallest absolute Gasteiger partial charge is 0.0590 e. The van der Waals surface area contributed by atoms with Crippen molar-refractivity contribution >= 4 is 0 Å². The Hall–Kier alpha value is 0. The van der Waals surface area contributed by atoms with Crippen LogP contribution in [0.2, 0.25) is 0 Å². The van der Waals surface area contributed by atoms with Crippen molar-refractivity contribution in [1.29, 1.82) is 0 Å². The van der Waals surface area contributed by atoms with Gasteiger partial charge >= 0.3 is 0 Å². The van der Waals surface area contributed by atoms with Crippen LogP contribution in [-0.4, -0.2) is 0 Å². The van der Waals surface area contributed by atoms with E-state index in [1.54, 1.807) is 0 Å². The van der Waals surface area contributed by atoms with Crippen molar-refractivity contribution in [3.05, 3.63) is 0 Å². The maximum Gasteiger partial charge on any atom is -0.0590 e. The molecule has 0 aliphatic rings. The topological polar surface area (TPSA) is 0 Å². The summed E-state index contributed by atoms with van der Waals surface area (Å²) in [5.74, 6) is 0. The Balaban J connectivity index is -0.0000000117. The fourth-order valence-corrected chi connectivity index (χ4v) is 0. The molecule has 0 aliphatic heterocycles. The van der Waals surface area contributed by atoms with Gasteiger partial charge in [-0.05, 0) is 0 Å². The summed E-state index contributed by atoms with van der Waals surface area (Å²) in [5, 5.41) is 0. The van der Waals surface area contributed by atoms with E-state index in [9.17, 15) is 0 Å². The van der Waals surface area contributed by atoms with Crippen molar-refractivity contribution in [3.63, 3.8) is 0 Å². The lowest BCUT2D eigenvalue weighted by atomic mass is 10.6. The summed E-state index contributed by atoms with van der Waals surface area (Å²) in [6.45, 7) is 29.8. The van der Waals surface area contributed by atoms with Gasteiger partial charge in [0.25, 0.3) is 0 Å². The van der Waals surface area contributed by atoms with E-state index in [4.69, 9.17) is 0 Å². The van der Waals surface area contributed by atoms with E-state index >= 15 is 0 Å². The molecule has 0 heteroatoms. The Morgan fingerprint density at radius 1 is 0.208 bits per heavy atom. The molecule has 0 aliphatic carbocycles. The molecule has 0 aromatic rings. The second-order valence-electron chi connectivity index (χ2n) is 4.95. The Kier molecular flexibility index (Phi) is 613. The second kappa shape index (κ2) is 227. The summed E-state index contributed by atoms with van der Waals surface area (Å²) in [5.41, 5.74) is 0. The highest BCUT2D eigenvalue weighted by Gasteiger charge is 1.37. The van der Waals surface area contributed by atoms with E-state index in [0.29, 0.717) is 0 Å². The van der Waals surface area contributed by atoms with Gasteiger partial charge in [-0.3, -0.25) is 0 Å². The summed E-state index contributed by atoms with van der Waals surface area (Å²) in [6.07, 6.45) is 8.75. The van der Waals surface area contributed by atoms with Crippen LogP contribution in [0.4, 0.5) is 0 Å². The van der Waals surface area contributed by atoms with E-state index in [1.165, 1.54) is 44.9 Å². The van der Waals surface area contributed by atoms with Crippen LogP contribution < -0.4 is 0 Å². The van der Waals surface area contributed by atoms with Crippen molar-refractivity contribution in [1.82, 2.24) is 0 Å². The molecule has 164 valence electrons. The van der Waals surface area contributed by atoms with Gasteiger partial charge in [0.1, 0.15) is 0 Å². The number of hydrogen-bond acceptors (Lipinski definition) is 0. The van der Waals surface area contributed by atoms with Crippen molar-refractivity contribution in [2.75, 3.05) is 0 Å². The average molecular weight is 357 g/mol. The minimum absolute atomic E-state index is 0. The molecule has 0 atom stereocenters. The van der Waals surface area contributed by atoms with Crippen LogP contribution in [0.3, 0.4) is 0 Å². The standard InChI is InChI=1S/7C3H8.3CH4/c7*1-3-2;;;/h7*3H2,1-2H3;3*1H4. The monoisotopic (exact) mass is 357 g/mol. The van der Waals surface area contributed by atoms with Crippen LogP contribution in [0.25, 0.3) is 0 Å². The predicted molar refractivity (Wildman–Crippen MR) is 132 cm³/mol. The van der Waals surface area contributed by atoms with Crippen LogP contribution in [0.1, 0.15) is 164 Å². The number of hydrogen-bond donors (Lipinski definition) is 0. The van der Waals surface area contributed by atoms with Crippen molar-refractivity contribution in [2.24, 2.45) is 0 Å². The molecule has 0 N–H and O–H groups in total. The molecule has 0 radical (unpaired) electrons. The summed E-state index contributed by atoms with van der Waals surface area (Å²) < 4.78 is 0. The first kappa shape index (κ1) is 64.8. The molecule has 24 heavy (non-hydrogen) atoms. The van der Waals surface area contributed by atoms with Gasteiger partial charge < -0.3 is 0 Å². The molecule has 0 bridgehead atoms. The highest BCUT2D eigenvalue weighted by atomic mass is 13.4. The van der Waals surface area contributed by atoms with Crippen LogP contribution >= 0.6 is 0 Å². The van der Waals surface area contributed by atoms with Gasteiger partial charge in [-0.1, -0.05) is 164 Å². The predicted octanol–water partition coefficient (Wildman–Crippen LogP) is 11.8. The van der Waals surface area contributed by atoms with Crippen molar-refractivity contribution in [2.45, 2.75) is 164 Å². The van der Waals surface area contributed by atoms with Gasteiger partial charge in [0, 0.05) is 0 Å². The minimum atomic E-state index is 0. The molecule has 0 unspecified atom stereocenters. The molecule has 0 rings (SSSR count). The zero-order chi connectivity index (χ0) is 18.9. The average Bonchev–Trinajstić information content (AvgIpc) is 2.35. The third-order valence-corrected chi connectivity index (χ3v) is 0. The molecular formula is C24H68. The van der Waals surface area contributed by atoms with E-state index < -0.39 is 0 Å². The molecule has 0 amide bonds. The molecule has 0 aromatic heterocycles. The van der Waals surface area contributed by atoms with E-state index in [2.05, 4.69) is 96.9 Å². The van der Waals surface area contributed by atoms with Crippen molar-refractivity contribution in [3.8, 4) is 0 Å². The van der Waals surface area contributed by atoms with Crippen LogP contribution in [0, 0.1) is 0 Å².